The van der Waals surface area contributed by atoms with Crippen molar-refractivity contribution in [1.82, 2.24) is 0 Å². The molecule has 0 amide bonds. The molecule has 14 bridgehead atoms. The molecule has 37 atom stereocenters. The minimum atomic E-state index is -2.35. The Hall–Kier alpha value is -2.42. The molecule has 21 aliphatic heterocycles. The van der Waals surface area contributed by atoms with Crippen molar-refractivity contribution in [1.29, 1.82) is 10.5 Å². The number of nitriles is 2. The molecule has 21 aliphatic rings. The van der Waals surface area contributed by atoms with Gasteiger partial charge in [0.25, 0.3) is 0 Å². The molecule has 0 aromatic carbocycles. The molecule has 21 N–H and O–H groups in total. The lowest BCUT2D eigenvalue weighted by Crippen LogP contribution is -2.69. The van der Waals surface area contributed by atoms with E-state index in [0.717, 1.165) is 0 Å². The summed E-state index contributed by atoms with van der Waals surface area (Å²) in [5, 5.41) is 252. The third kappa shape index (κ3) is 12.6. The van der Waals surface area contributed by atoms with E-state index < -0.39 is 260 Å². The third-order valence-electron chi connectivity index (χ3n) is 15.2. The van der Waals surface area contributed by atoms with Crippen LogP contribution in [0.2, 0.25) is 0 Å². The van der Waals surface area contributed by atoms with Crippen LogP contribution in [0, 0.1) is 22.7 Å². The molecule has 0 saturated carbocycles. The highest BCUT2D eigenvalue weighted by molar-refractivity contribution is 5.05. The Morgan fingerprint density at radius 1 is 0.247 bits per heavy atom. The number of nitrogens with zero attached hydrogens (tertiary/aromatic N) is 2. The van der Waals surface area contributed by atoms with Crippen LogP contribution in [0.4, 0.5) is 0 Å². The van der Waals surface area contributed by atoms with E-state index in [2.05, 4.69) is 0 Å². The van der Waals surface area contributed by atoms with Gasteiger partial charge in [0.1, 0.15) is 171 Å². The van der Waals surface area contributed by atoms with Crippen LogP contribution < -0.4 is 0 Å². The molecule has 464 valence electrons. The molecule has 0 aromatic heterocycles. The van der Waals surface area contributed by atoms with Crippen molar-refractivity contribution in [3.05, 3.63) is 0 Å². The lowest BCUT2D eigenvalue weighted by atomic mass is 9.93. The number of ether oxygens (including phenoxy) is 14. The maximum atomic E-state index is 11.4. The second kappa shape index (κ2) is 27.1. The maximum absolute atomic E-state index is 11.4. The second-order valence-corrected chi connectivity index (χ2v) is 20.3. The van der Waals surface area contributed by atoms with Crippen molar-refractivity contribution in [2.75, 3.05) is 33.0 Å². The Morgan fingerprint density at radius 3 is 0.580 bits per heavy atom. The van der Waals surface area contributed by atoms with E-state index in [9.17, 15) is 118 Å². The smallest absolute Gasteiger partial charge is 0.187 e. The molecule has 0 aromatic rings. The second-order valence-electron chi connectivity index (χ2n) is 20.3. The number of aliphatic hydroxyl groups is 21. The first-order chi connectivity index (χ1) is 38.5. The summed E-state index contributed by atoms with van der Waals surface area (Å²) < 4.78 is 79.2. The predicted octanol–water partition coefficient (Wildman–Crippen LogP) is -15.4. The SMILES string of the molecule is N#CC(O)[C@H]1O[C@@H]2O[C@H]3[C@H](O)[C@@H](O)[C@@H](O[C@H]4[C@H](O)[C@@H](O)[C@@H](O[C@H]5[C@H](O)[C@@H](O)[C@@H](O[C@H]6[C@H](O)[C@@H](O)[C@@H](O[C@H]7[C@H](O)[C@H](O)[C@@H](O[C@H]8[C@@H](O)[C@H](O)[C@@H](O[C@H]1[C@H](O)[C@H]2O)O[C@@H]8CO)O[C@@H]7CO)O[C@@H]6C(O)C#N)O[C@H]5CO)O[C@H]4CO)O[C@H]3CO. The first-order valence-electron chi connectivity index (χ1n) is 25.4. The van der Waals surface area contributed by atoms with Crippen LogP contribution in [-0.2, 0) is 66.3 Å². The fourth-order valence-corrected chi connectivity index (χ4v) is 10.7. The van der Waals surface area contributed by atoms with Crippen LogP contribution >= 0.6 is 0 Å². The summed E-state index contributed by atoms with van der Waals surface area (Å²) in [5.74, 6) is 0. The zero-order chi connectivity index (χ0) is 59.2. The topological polar surface area (TPSA) is 602 Å². The first-order valence-corrected chi connectivity index (χ1v) is 25.4. The Balaban J connectivity index is 1.11. The molecule has 81 heavy (non-hydrogen) atoms. The summed E-state index contributed by atoms with van der Waals surface area (Å²) in [6.45, 7) is -5.58. The third-order valence-corrected chi connectivity index (χ3v) is 15.2. The highest BCUT2D eigenvalue weighted by atomic mass is 16.8. The summed E-state index contributed by atoms with van der Waals surface area (Å²) in [6, 6.07) is 2.81. The normalized spacial score (nSPS) is 53.8. The minimum absolute atomic E-state index is 1.09. The molecule has 21 heterocycles. The van der Waals surface area contributed by atoms with Gasteiger partial charge in [-0.1, -0.05) is 0 Å². The number of rotatable bonds is 7. The van der Waals surface area contributed by atoms with Gasteiger partial charge in [0.2, 0.25) is 0 Å². The molecule has 2 unspecified atom stereocenters. The molecule has 21 rings (SSSR count). The summed E-state index contributed by atoms with van der Waals surface area (Å²) in [4.78, 5) is 0. The molecule has 0 spiro atoms. The fraction of sp³-hybridized carbons (Fsp3) is 0.955. The van der Waals surface area contributed by atoms with Crippen LogP contribution in [0.5, 0.6) is 0 Å². The van der Waals surface area contributed by atoms with E-state index in [1.165, 1.54) is 12.1 Å². The van der Waals surface area contributed by atoms with Gasteiger partial charge in [-0.15, -0.1) is 0 Å². The van der Waals surface area contributed by atoms with Crippen molar-refractivity contribution in [3.8, 4) is 12.1 Å². The van der Waals surface area contributed by atoms with Gasteiger partial charge >= 0.3 is 0 Å². The lowest BCUT2D eigenvalue weighted by molar-refractivity contribution is -0.398. The quantitative estimate of drug-likeness (QED) is 0.105. The molecular formula is C44H68N2O35. The van der Waals surface area contributed by atoms with E-state index in [-0.39, 0.29) is 0 Å². The molecule has 37 nitrogen and oxygen atoms in total. The Bertz CT molecular complexity index is 2070. The molecule has 37 heteroatoms. The van der Waals surface area contributed by atoms with Crippen LogP contribution in [0.25, 0.3) is 0 Å². The monoisotopic (exact) mass is 1180 g/mol. The van der Waals surface area contributed by atoms with Gasteiger partial charge in [-0.05, 0) is 0 Å². The van der Waals surface area contributed by atoms with Crippen molar-refractivity contribution < 1.29 is 174 Å². The van der Waals surface area contributed by atoms with Gasteiger partial charge in [-0.2, -0.15) is 10.5 Å². The van der Waals surface area contributed by atoms with Crippen LogP contribution in [0.15, 0.2) is 0 Å². The van der Waals surface area contributed by atoms with Crippen LogP contribution in [0.1, 0.15) is 0 Å². The van der Waals surface area contributed by atoms with Gasteiger partial charge in [0.15, 0.2) is 56.2 Å². The Kier molecular flexibility index (Phi) is 21.6. The molecule has 0 aliphatic carbocycles. The van der Waals surface area contributed by atoms with Crippen molar-refractivity contribution in [3.63, 3.8) is 0 Å². The number of aliphatic hydroxyl groups excluding tert-OH is 21. The summed E-state index contributed by atoms with van der Waals surface area (Å²) in [5.41, 5.74) is 0. The summed E-state index contributed by atoms with van der Waals surface area (Å²) in [6.07, 6.45) is -79.5. The van der Waals surface area contributed by atoms with E-state index in [0.29, 0.717) is 0 Å². The van der Waals surface area contributed by atoms with E-state index >= 15 is 0 Å². The maximum Gasteiger partial charge on any atom is 0.187 e. The van der Waals surface area contributed by atoms with Crippen molar-refractivity contribution in [2.45, 2.75) is 227 Å². The fourth-order valence-electron chi connectivity index (χ4n) is 10.7. The lowest BCUT2D eigenvalue weighted by Gasteiger charge is -2.50. The summed E-state index contributed by atoms with van der Waals surface area (Å²) in [7, 11) is 0. The average molecular weight is 1190 g/mol. The highest BCUT2D eigenvalue weighted by Gasteiger charge is 2.60. The van der Waals surface area contributed by atoms with Crippen LogP contribution in [0.3, 0.4) is 0 Å². The standard InChI is InChI=1S/C44H68N2O35/c45-1-8(52)29-36-21(60)28(67)44(74-29)79-35-14(7-51)70-40(24(63)17(35)56)77-33-12(5-49)72-42(26(65)19(33)58)81-37-20(59)27(66)43(73-30(37)9(53)2-46)78-34-13(6-50)69-39(23(62)16(34)55)75-31-10(3-47)68-38(22(61)15(31)54)76-32-11(4-48)71-41(80-36)25(64)18(32)57/h8-44,47-67H,3-7H2/t8?,9?,10-,11-,12+,13-,14+,15+,16+,17+,18+,19-,20+,21+,22+,23+,24-,25+,26-,27+,28+,29+,30+,31+,32+,33+,34+,35+,36-,37-,38+,39+,40+,41+,42+,43+,44+/m0/s1. The molecule has 0 radical (unpaired) electrons. The highest BCUT2D eigenvalue weighted by Crippen LogP contribution is 2.39. The van der Waals surface area contributed by atoms with Crippen molar-refractivity contribution >= 4 is 0 Å². The van der Waals surface area contributed by atoms with Crippen molar-refractivity contribution in [2.24, 2.45) is 0 Å². The molecule has 21 saturated heterocycles. The Morgan fingerprint density at radius 2 is 0.407 bits per heavy atom. The van der Waals surface area contributed by atoms with E-state index in [1.54, 1.807) is 0 Å². The van der Waals surface area contributed by atoms with E-state index in [1.807, 2.05) is 0 Å². The average Bonchev–Trinajstić information content (AvgIpc) is 3.47. The van der Waals surface area contributed by atoms with Gasteiger partial charge in [0, 0.05) is 0 Å². The number of hydrogen-bond acceptors (Lipinski definition) is 37. The van der Waals surface area contributed by atoms with Gasteiger partial charge in [-0.3, -0.25) is 0 Å². The zero-order valence-corrected chi connectivity index (χ0v) is 41.9. The first kappa shape index (κ1) is 64.6. The van der Waals surface area contributed by atoms with E-state index in [4.69, 9.17) is 66.3 Å². The number of hydrogen-bond donors (Lipinski definition) is 21. The van der Waals surface area contributed by atoms with Gasteiger partial charge in [0.05, 0.1) is 45.2 Å². The summed E-state index contributed by atoms with van der Waals surface area (Å²) >= 11 is 0. The predicted molar refractivity (Wildman–Crippen MR) is 238 cm³/mol. The molecular weight excluding hydrogens is 1120 g/mol. The van der Waals surface area contributed by atoms with Crippen LogP contribution in [-0.4, -0.2) is 367 Å². The van der Waals surface area contributed by atoms with Gasteiger partial charge in [-0.25, -0.2) is 0 Å². The molecule has 21 fully saturated rings. The Labute approximate surface area is 455 Å². The zero-order valence-electron chi connectivity index (χ0n) is 41.9. The largest absolute Gasteiger partial charge is 0.394 e. The minimum Gasteiger partial charge on any atom is -0.394 e. The van der Waals surface area contributed by atoms with Gasteiger partial charge < -0.3 is 174 Å².